The van der Waals surface area contributed by atoms with Gasteiger partial charge in [-0.2, -0.15) is 0 Å². The van der Waals surface area contributed by atoms with E-state index < -0.39 is 23.3 Å². The second-order valence-electron chi connectivity index (χ2n) is 5.98. The first kappa shape index (κ1) is 21.5. The van der Waals surface area contributed by atoms with Crippen molar-refractivity contribution >= 4 is 45.0 Å². The van der Waals surface area contributed by atoms with E-state index in [4.69, 9.17) is 21.1 Å². The van der Waals surface area contributed by atoms with Gasteiger partial charge in [0, 0.05) is 16.1 Å². The molecule has 0 aliphatic heterocycles. The molecule has 0 aliphatic carbocycles. The Morgan fingerprint density at radius 3 is 2.37 bits per heavy atom. The van der Waals surface area contributed by atoms with Gasteiger partial charge >= 0.3 is 11.7 Å². The van der Waals surface area contributed by atoms with E-state index in [0.29, 0.717) is 5.56 Å². The predicted octanol–water partition coefficient (Wildman–Crippen LogP) is 5.84. The van der Waals surface area contributed by atoms with E-state index in [2.05, 4.69) is 15.9 Å². The molecule has 0 atom stereocenters. The van der Waals surface area contributed by atoms with Gasteiger partial charge in [0.25, 0.3) is 0 Å². The maximum atomic E-state index is 12.3. The van der Waals surface area contributed by atoms with Crippen LogP contribution in [0.1, 0.15) is 20.7 Å². The zero-order valence-corrected chi connectivity index (χ0v) is 17.6. The smallest absolute Gasteiger partial charge is 0.338 e. The fraction of sp³-hybridized carbons (Fsp3) is 0.0476. The van der Waals surface area contributed by atoms with E-state index in [1.165, 1.54) is 42.5 Å². The summed E-state index contributed by atoms with van der Waals surface area (Å²) in [4.78, 5) is 34.8. The molecule has 9 heteroatoms. The number of nitrogens with zero attached hydrogens (tertiary/aromatic N) is 1. The van der Waals surface area contributed by atoms with Crippen molar-refractivity contribution in [3.05, 3.63) is 97.5 Å². The van der Waals surface area contributed by atoms with Crippen LogP contribution in [0.5, 0.6) is 11.5 Å². The molecule has 3 aromatic carbocycles. The number of benzene rings is 3. The van der Waals surface area contributed by atoms with Crippen LogP contribution in [-0.2, 0) is 4.74 Å². The summed E-state index contributed by atoms with van der Waals surface area (Å²) in [6, 6.07) is 16.7. The number of ether oxygens (including phenoxy) is 2. The lowest BCUT2D eigenvalue weighted by Crippen LogP contribution is -2.14. The number of para-hydroxylation sites is 1. The van der Waals surface area contributed by atoms with Gasteiger partial charge in [0.1, 0.15) is 5.75 Å². The summed E-state index contributed by atoms with van der Waals surface area (Å²) < 4.78 is 11.3. The summed E-state index contributed by atoms with van der Waals surface area (Å²) in [5.74, 6) is -0.857. The van der Waals surface area contributed by atoms with Crippen molar-refractivity contribution in [3.63, 3.8) is 0 Å². The molecule has 7 nitrogen and oxygen atoms in total. The molecule has 0 saturated heterocycles. The lowest BCUT2D eigenvalue weighted by atomic mass is 10.1. The number of Topliss-reactive ketones (excluding diaryl/α,β-unsaturated/α-hetero) is 1. The standard InChI is InChI=1S/C21H13BrClNO6/c22-15-4-1-3-14(11-15)21(26)29-12-19(25)13-7-9-16(10-8-13)30-20-17(23)5-2-6-18(20)24(27)28/h1-11H,12H2. The van der Waals surface area contributed by atoms with Crippen molar-refractivity contribution in [1.29, 1.82) is 0 Å². The summed E-state index contributed by atoms with van der Waals surface area (Å²) >= 11 is 9.26. The van der Waals surface area contributed by atoms with Gasteiger partial charge < -0.3 is 9.47 Å². The van der Waals surface area contributed by atoms with Crippen LogP contribution in [0.2, 0.25) is 5.02 Å². The monoisotopic (exact) mass is 489 g/mol. The number of hydrogen-bond donors (Lipinski definition) is 0. The van der Waals surface area contributed by atoms with Crippen LogP contribution in [0, 0.1) is 10.1 Å². The number of ketones is 1. The van der Waals surface area contributed by atoms with Gasteiger partial charge in [-0.05, 0) is 48.5 Å². The van der Waals surface area contributed by atoms with Crippen molar-refractivity contribution in [1.82, 2.24) is 0 Å². The van der Waals surface area contributed by atoms with Crippen LogP contribution < -0.4 is 4.74 Å². The molecule has 0 radical (unpaired) electrons. The van der Waals surface area contributed by atoms with Crippen molar-refractivity contribution in [2.75, 3.05) is 6.61 Å². The molecule has 0 saturated carbocycles. The Labute approximate surface area is 184 Å². The topological polar surface area (TPSA) is 95.7 Å². The maximum absolute atomic E-state index is 12.3. The average Bonchev–Trinajstić information content (AvgIpc) is 2.73. The lowest BCUT2D eigenvalue weighted by molar-refractivity contribution is -0.385. The highest BCUT2D eigenvalue weighted by molar-refractivity contribution is 9.10. The number of halogens is 2. The van der Waals surface area contributed by atoms with Crippen molar-refractivity contribution < 1.29 is 24.0 Å². The van der Waals surface area contributed by atoms with Gasteiger partial charge in [-0.25, -0.2) is 4.79 Å². The van der Waals surface area contributed by atoms with E-state index in [9.17, 15) is 19.7 Å². The van der Waals surface area contributed by atoms with Gasteiger partial charge in [-0.15, -0.1) is 0 Å². The van der Waals surface area contributed by atoms with Crippen LogP contribution in [0.4, 0.5) is 5.69 Å². The third-order valence-corrected chi connectivity index (χ3v) is 4.72. The third kappa shape index (κ3) is 5.22. The Bertz CT molecular complexity index is 1120. The molecule has 0 N–H and O–H groups in total. The molecule has 0 amide bonds. The highest BCUT2D eigenvalue weighted by Gasteiger charge is 2.19. The molecule has 0 heterocycles. The predicted molar refractivity (Wildman–Crippen MR) is 113 cm³/mol. The Balaban J connectivity index is 1.65. The first-order valence-electron chi connectivity index (χ1n) is 8.52. The highest BCUT2D eigenvalue weighted by atomic mass is 79.9. The largest absolute Gasteiger partial charge is 0.454 e. The van der Waals surface area contributed by atoms with Gasteiger partial charge in [0.2, 0.25) is 5.75 Å². The Kier molecular flexibility index (Phi) is 6.81. The summed E-state index contributed by atoms with van der Waals surface area (Å²) in [5, 5.41) is 11.2. The van der Waals surface area contributed by atoms with Gasteiger partial charge in [-0.1, -0.05) is 39.7 Å². The number of carbonyl (C=O) groups excluding carboxylic acids is 2. The van der Waals surface area contributed by atoms with Crippen LogP contribution in [-0.4, -0.2) is 23.3 Å². The van der Waals surface area contributed by atoms with Crippen LogP contribution in [0.15, 0.2) is 71.2 Å². The summed E-state index contributed by atoms with van der Waals surface area (Å²) in [6.45, 7) is -0.429. The zero-order valence-electron chi connectivity index (χ0n) is 15.2. The number of rotatable bonds is 7. The Hall–Kier alpha value is -3.23. The fourth-order valence-electron chi connectivity index (χ4n) is 2.48. The second kappa shape index (κ2) is 9.51. The SMILES string of the molecule is O=C(COC(=O)c1cccc(Br)c1)c1ccc(Oc2c(Cl)cccc2[N+](=O)[O-])cc1. The molecule has 152 valence electrons. The third-order valence-electron chi connectivity index (χ3n) is 3.93. The van der Waals surface area contributed by atoms with Gasteiger partial charge in [0.05, 0.1) is 15.5 Å². The van der Waals surface area contributed by atoms with E-state index in [1.807, 2.05) is 0 Å². The van der Waals surface area contributed by atoms with E-state index in [-0.39, 0.29) is 27.8 Å². The number of carbonyl (C=O) groups is 2. The number of nitro benzene ring substituents is 1. The molecule has 30 heavy (non-hydrogen) atoms. The second-order valence-corrected chi connectivity index (χ2v) is 7.30. The summed E-state index contributed by atoms with van der Waals surface area (Å²) in [6.07, 6.45) is 0. The fourth-order valence-corrected chi connectivity index (χ4v) is 3.09. The highest BCUT2D eigenvalue weighted by Crippen LogP contribution is 2.37. The molecule has 0 unspecified atom stereocenters. The Morgan fingerprint density at radius 2 is 1.70 bits per heavy atom. The van der Waals surface area contributed by atoms with Crippen molar-refractivity contribution in [2.45, 2.75) is 0 Å². The lowest BCUT2D eigenvalue weighted by Gasteiger charge is -2.09. The zero-order chi connectivity index (χ0) is 21.7. The van der Waals surface area contributed by atoms with Crippen molar-refractivity contribution in [3.8, 4) is 11.5 Å². The minimum absolute atomic E-state index is 0.0869. The summed E-state index contributed by atoms with van der Waals surface area (Å²) in [7, 11) is 0. The molecule has 0 bridgehead atoms. The van der Waals surface area contributed by atoms with Gasteiger partial charge in [0.15, 0.2) is 12.4 Å². The van der Waals surface area contributed by atoms with Crippen LogP contribution in [0.3, 0.4) is 0 Å². The van der Waals surface area contributed by atoms with Crippen molar-refractivity contribution in [2.24, 2.45) is 0 Å². The molecule has 0 aliphatic rings. The average molecular weight is 491 g/mol. The molecular weight excluding hydrogens is 478 g/mol. The first-order chi connectivity index (χ1) is 14.3. The number of hydrogen-bond acceptors (Lipinski definition) is 6. The van der Waals surface area contributed by atoms with Crippen LogP contribution in [0.25, 0.3) is 0 Å². The maximum Gasteiger partial charge on any atom is 0.338 e. The number of esters is 1. The molecule has 3 aromatic rings. The molecule has 3 rings (SSSR count). The first-order valence-corrected chi connectivity index (χ1v) is 9.69. The van der Waals surface area contributed by atoms with E-state index >= 15 is 0 Å². The van der Waals surface area contributed by atoms with Gasteiger partial charge in [-0.3, -0.25) is 14.9 Å². The number of nitro groups is 1. The molecule has 0 fully saturated rings. The molecule has 0 aromatic heterocycles. The minimum atomic E-state index is -0.615. The summed E-state index contributed by atoms with van der Waals surface area (Å²) in [5.41, 5.74) is 0.336. The minimum Gasteiger partial charge on any atom is -0.454 e. The Morgan fingerprint density at radius 1 is 1.00 bits per heavy atom. The molecular formula is C21H13BrClNO6. The molecule has 0 spiro atoms. The van der Waals surface area contributed by atoms with E-state index in [0.717, 1.165) is 4.47 Å². The van der Waals surface area contributed by atoms with Crippen LogP contribution >= 0.6 is 27.5 Å². The van der Waals surface area contributed by atoms with E-state index in [1.54, 1.807) is 24.3 Å². The quantitative estimate of drug-likeness (QED) is 0.179. The normalized spacial score (nSPS) is 10.3.